The molecule has 33 heavy (non-hydrogen) atoms. The zero-order valence-corrected chi connectivity index (χ0v) is 20.4. The van der Waals surface area contributed by atoms with Crippen LogP contribution in [0, 0.1) is 17.2 Å². The molecule has 1 amide bonds. The minimum absolute atomic E-state index is 0.131. The highest BCUT2D eigenvalue weighted by Gasteiger charge is 2.33. The third-order valence-electron chi connectivity index (χ3n) is 6.71. The van der Waals surface area contributed by atoms with E-state index in [-0.39, 0.29) is 17.4 Å². The number of rotatable bonds is 4. The summed E-state index contributed by atoms with van der Waals surface area (Å²) < 4.78 is 29.8. The molecule has 1 aromatic heterocycles. The summed E-state index contributed by atoms with van der Waals surface area (Å²) in [5.74, 6) is 0.191. The first kappa shape index (κ1) is 23.5. The Kier molecular flexibility index (Phi) is 6.39. The maximum Gasteiger partial charge on any atom is 0.243 e. The molecule has 1 aromatic carbocycles. The third-order valence-corrected chi connectivity index (χ3v) is 8.60. The molecule has 0 radical (unpaired) electrons. The fraction of sp³-hybridized carbons (Fsp3) is 0.520. The molecule has 1 fully saturated rings. The van der Waals surface area contributed by atoms with Crippen LogP contribution in [-0.4, -0.2) is 36.3 Å². The molecule has 4 rings (SSSR count). The number of carbonyl (C=O) groups excluding carboxylic acids is 1. The molecule has 1 aliphatic carbocycles. The second kappa shape index (κ2) is 8.96. The zero-order chi connectivity index (χ0) is 23.8. The normalized spacial score (nSPS) is 17.9. The van der Waals surface area contributed by atoms with Crippen LogP contribution in [0.15, 0.2) is 35.4 Å². The van der Waals surface area contributed by atoms with Crippen molar-refractivity contribution in [2.45, 2.75) is 69.7 Å². The van der Waals surface area contributed by atoms with Crippen molar-refractivity contribution in [2.75, 3.05) is 18.4 Å². The largest absolute Gasteiger partial charge is 0.328 e. The van der Waals surface area contributed by atoms with Crippen molar-refractivity contribution in [3.8, 4) is 6.07 Å². The number of hydrogen-bond acceptors (Lipinski definition) is 4. The van der Waals surface area contributed by atoms with Gasteiger partial charge >= 0.3 is 0 Å². The predicted octanol–water partition coefficient (Wildman–Crippen LogP) is 4.03. The van der Waals surface area contributed by atoms with Gasteiger partial charge in [-0.2, -0.15) is 9.57 Å². The molecule has 0 bridgehead atoms. The molecule has 2 aromatic rings. The molecule has 0 spiro atoms. The number of piperidine rings is 1. The van der Waals surface area contributed by atoms with E-state index in [0.717, 1.165) is 31.2 Å². The second-order valence-electron chi connectivity index (χ2n) is 10.1. The van der Waals surface area contributed by atoms with E-state index in [0.29, 0.717) is 42.2 Å². The highest BCUT2D eigenvalue weighted by molar-refractivity contribution is 7.89. The summed E-state index contributed by atoms with van der Waals surface area (Å²) in [6.45, 7) is 6.66. The summed E-state index contributed by atoms with van der Waals surface area (Å²) in [7, 11) is -3.57. The molecule has 176 valence electrons. The molecule has 7 nitrogen and oxygen atoms in total. The van der Waals surface area contributed by atoms with Crippen molar-refractivity contribution >= 4 is 21.7 Å². The van der Waals surface area contributed by atoms with Gasteiger partial charge in [-0.25, -0.2) is 8.42 Å². The van der Waals surface area contributed by atoms with Gasteiger partial charge in [0.2, 0.25) is 15.9 Å². The average Bonchev–Trinajstić information content (AvgIpc) is 3.22. The Morgan fingerprint density at radius 3 is 2.39 bits per heavy atom. The van der Waals surface area contributed by atoms with E-state index in [4.69, 9.17) is 0 Å². The Morgan fingerprint density at radius 2 is 1.76 bits per heavy atom. The molecule has 0 atom stereocenters. The quantitative estimate of drug-likeness (QED) is 0.733. The van der Waals surface area contributed by atoms with Crippen LogP contribution in [0.4, 0.5) is 5.82 Å². The Bertz CT molecular complexity index is 1190. The summed E-state index contributed by atoms with van der Waals surface area (Å²) in [5.41, 5.74) is 2.61. The van der Waals surface area contributed by atoms with Gasteiger partial charge < -0.3 is 9.88 Å². The van der Waals surface area contributed by atoms with Crippen LogP contribution in [-0.2, 0) is 33.2 Å². The lowest BCUT2D eigenvalue weighted by Gasteiger charge is -2.31. The molecular formula is C25H32N4O3S. The van der Waals surface area contributed by atoms with E-state index in [1.165, 1.54) is 9.87 Å². The van der Waals surface area contributed by atoms with Gasteiger partial charge in [-0.1, -0.05) is 6.07 Å². The molecule has 2 heterocycles. The van der Waals surface area contributed by atoms with Crippen molar-refractivity contribution in [3.63, 3.8) is 0 Å². The molecule has 1 aliphatic heterocycles. The van der Waals surface area contributed by atoms with Crippen LogP contribution >= 0.6 is 0 Å². The van der Waals surface area contributed by atoms with Gasteiger partial charge in [0, 0.05) is 30.7 Å². The highest BCUT2D eigenvalue weighted by atomic mass is 32.2. The van der Waals surface area contributed by atoms with Crippen LogP contribution in [0.1, 0.15) is 63.1 Å². The van der Waals surface area contributed by atoms with Gasteiger partial charge in [0.25, 0.3) is 0 Å². The lowest BCUT2D eigenvalue weighted by Crippen LogP contribution is -2.41. The van der Waals surface area contributed by atoms with Gasteiger partial charge in [0.15, 0.2) is 0 Å². The van der Waals surface area contributed by atoms with Crippen molar-refractivity contribution < 1.29 is 13.2 Å². The number of amides is 1. The number of fused-ring (bicyclic) bond motifs is 1. The molecule has 2 aliphatic rings. The minimum atomic E-state index is -3.57. The van der Waals surface area contributed by atoms with Gasteiger partial charge in [-0.15, -0.1) is 0 Å². The molecule has 8 heteroatoms. The van der Waals surface area contributed by atoms with Crippen LogP contribution in [0.3, 0.4) is 0 Å². The fourth-order valence-electron chi connectivity index (χ4n) is 4.78. The summed E-state index contributed by atoms with van der Waals surface area (Å²) >= 11 is 0. The Labute approximate surface area is 196 Å². The highest BCUT2D eigenvalue weighted by Crippen LogP contribution is 2.29. The Balaban J connectivity index is 1.42. The van der Waals surface area contributed by atoms with Crippen LogP contribution in [0.25, 0.3) is 0 Å². The number of aromatic nitrogens is 1. The maximum absolute atomic E-state index is 13.2. The second-order valence-corrected chi connectivity index (χ2v) is 12.0. The smallest absolute Gasteiger partial charge is 0.243 e. The molecule has 1 saturated heterocycles. The lowest BCUT2D eigenvalue weighted by molar-refractivity contribution is -0.121. The van der Waals surface area contributed by atoms with Gasteiger partial charge in [0.1, 0.15) is 11.9 Å². The lowest BCUT2D eigenvalue weighted by atomic mass is 9.92. The van der Waals surface area contributed by atoms with Crippen molar-refractivity contribution in [2.24, 2.45) is 5.92 Å². The average molecular weight is 469 g/mol. The first-order valence-corrected chi connectivity index (χ1v) is 13.1. The molecular weight excluding hydrogens is 436 g/mol. The van der Waals surface area contributed by atoms with Gasteiger partial charge in [0.05, 0.1) is 10.5 Å². The minimum Gasteiger partial charge on any atom is -0.328 e. The van der Waals surface area contributed by atoms with E-state index in [9.17, 15) is 18.5 Å². The molecule has 1 N–H and O–H groups in total. The number of nitrogens with one attached hydrogen (secondary N) is 1. The monoisotopic (exact) mass is 468 g/mol. The number of anilines is 1. The summed E-state index contributed by atoms with van der Waals surface area (Å²) in [6, 6.07) is 9.33. The van der Waals surface area contributed by atoms with Crippen molar-refractivity contribution in [1.82, 2.24) is 8.87 Å². The van der Waals surface area contributed by atoms with E-state index in [1.54, 1.807) is 18.3 Å². The Morgan fingerprint density at radius 1 is 1.09 bits per heavy atom. The number of sulfonamides is 1. The van der Waals surface area contributed by atoms with Crippen molar-refractivity contribution in [1.29, 1.82) is 5.26 Å². The standard InChI is InChI=1S/C25H32N4O3S/c1-25(2,3)29-17-18(16-26)14-23(29)27-24(30)20-10-12-28(13-11-20)33(31,32)22-9-8-19-6-4-5-7-21(19)15-22/h8-9,14-15,17,20H,4-7,10-13H2,1-3H3,(H,27,30). The van der Waals surface area contributed by atoms with Crippen molar-refractivity contribution in [3.05, 3.63) is 47.2 Å². The number of benzene rings is 1. The topological polar surface area (TPSA) is 95.2 Å². The summed E-state index contributed by atoms with van der Waals surface area (Å²) in [6.07, 6.45) is 6.89. The number of nitrogens with zero attached hydrogens (tertiary/aromatic N) is 3. The SMILES string of the molecule is CC(C)(C)n1cc(C#N)cc1NC(=O)C1CCN(S(=O)(=O)c2ccc3c(c2)CCCC3)CC1. The van der Waals surface area contributed by atoms with E-state index in [2.05, 4.69) is 11.4 Å². The summed E-state index contributed by atoms with van der Waals surface area (Å²) in [5, 5.41) is 12.2. The summed E-state index contributed by atoms with van der Waals surface area (Å²) in [4.78, 5) is 13.3. The maximum atomic E-state index is 13.2. The van der Waals surface area contributed by atoms with E-state index >= 15 is 0 Å². The van der Waals surface area contributed by atoms with Gasteiger partial charge in [-0.3, -0.25) is 4.79 Å². The predicted molar refractivity (Wildman–Crippen MR) is 127 cm³/mol. The van der Waals surface area contributed by atoms with E-state index in [1.807, 2.05) is 37.5 Å². The van der Waals surface area contributed by atoms with E-state index < -0.39 is 10.0 Å². The number of hydrogen-bond donors (Lipinski definition) is 1. The van der Waals surface area contributed by atoms with Crippen LogP contribution < -0.4 is 5.32 Å². The first-order chi connectivity index (χ1) is 15.6. The Hall–Kier alpha value is -2.63. The molecule has 0 unspecified atom stereocenters. The molecule has 0 saturated carbocycles. The zero-order valence-electron chi connectivity index (χ0n) is 19.6. The van der Waals surface area contributed by atoms with Crippen LogP contribution in [0.2, 0.25) is 0 Å². The fourth-order valence-corrected chi connectivity index (χ4v) is 6.30. The number of nitriles is 1. The van der Waals surface area contributed by atoms with Crippen LogP contribution in [0.5, 0.6) is 0 Å². The third kappa shape index (κ3) is 4.85. The van der Waals surface area contributed by atoms with Gasteiger partial charge in [-0.05, 0) is 88.6 Å². The number of carbonyl (C=O) groups is 1. The number of aryl methyl sites for hydroxylation is 2. The first-order valence-electron chi connectivity index (χ1n) is 11.7.